The first-order chi connectivity index (χ1) is 10.5. The fraction of sp³-hybridized carbons (Fsp3) is 0.214. The van der Waals surface area contributed by atoms with Gasteiger partial charge in [0.05, 0.1) is 11.4 Å². The van der Waals surface area contributed by atoms with Crippen molar-refractivity contribution in [3.8, 4) is 0 Å². The smallest absolute Gasteiger partial charge is 0.264 e. The first-order valence-electron chi connectivity index (χ1n) is 6.38. The summed E-state index contributed by atoms with van der Waals surface area (Å²) in [4.78, 5) is 27.5. The SMILES string of the molecule is NC(=O)[C@H](CNC(=O)c1scnc1Cl)Cc1ccc(F)cc1. The van der Waals surface area contributed by atoms with Crippen molar-refractivity contribution < 1.29 is 14.0 Å². The second kappa shape index (κ2) is 7.33. The number of primary amides is 1. The van der Waals surface area contributed by atoms with E-state index in [1.165, 1.54) is 17.6 Å². The molecule has 0 aliphatic rings. The van der Waals surface area contributed by atoms with E-state index in [-0.39, 0.29) is 22.4 Å². The average molecular weight is 342 g/mol. The third-order valence-corrected chi connectivity index (χ3v) is 4.26. The Morgan fingerprint density at radius 3 is 2.59 bits per heavy atom. The Bertz CT molecular complexity index is 675. The van der Waals surface area contributed by atoms with Crippen LogP contribution < -0.4 is 11.1 Å². The highest BCUT2D eigenvalue weighted by Crippen LogP contribution is 2.18. The molecule has 0 aliphatic heterocycles. The zero-order chi connectivity index (χ0) is 16.1. The standard InChI is InChI=1S/C14H13ClFN3O2S/c15-12-11(22-7-19-12)14(21)18-6-9(13(17)20)5-8-1-3-10(16)4-2-8/h1-4,7,9H,5-6H2,(H2,17,20)(H,18,21)/t9-/m0/s1. The summed E-state index contributed by atoms with van der Waals surface area (Å²) in [6.45, 7) is 0.0692. The van der Waals surface area contributed by atoms with E-state index >= 15 is 0 Å². The van der Waals surface area contributed by atoms with Gasteiger partial charge in [-0.05, 0) is 24.1 Å². The van der Waals surface area contributed by atoms with Gasteiger partial charge in [-0.2, -0.15) is 0 Å². The van der Waals surface area contributed by atoms with Crippen molar-refractivity contribution in [2.24, 2.45) is 11.7 Å². The number of hydrogen-bond acceptors (Lipinski definition) is 4. The zero-order valence-corrected chi connectivity index (χ0v) is 13.0. The minimum absolute atomic E-state index is 0.0692. The van der Waals surface area contributed by atoms with Crippen molar-refractivity contribution in [1.29, 1.82) is 0 Å². The Morgan fingerprint density at radius 2 is 2.05 bits per heavy atom. The number of hydrogen-bond donors (Lipinski definition) is 2. The molecule has 0 saturated carbocycles. The van der Waals surface area contributed by atoms with Crippen LogP contribution in [0.3, 0.4) is 0 Å². The maximum atomic E-state index is 12.9. The quantitative estimate of drug-likeness (QED) is 0.842. The molecule has 1 heterocycles. The first kappa shape index (κ1) is 16.4. The minimum atomic E-state index is -0.596. The topological polar surface area (TPSA) is 85.1 Å². The van der Waals surface area contributed by atoms with E-state index in [0.717, 1.165) is 16.9 Å². The number of rotatable bonds is 6. The molecule has 1 aromatic carbocycles. The molecular weight excluding hydrogens is 329 g/mol. The summed E-state index contributed by atoms with van der Waals surface area (Å²) in [6.07, 6.45) is 0.312. The number of halogens is 2. The molecule has 0 saturated heterocycles. The molecule has 0 radical (unpaired) electrons. The van der Waals surface area contributed by atoms with Gasteiger partial charge in [0.1, 0.15) is 10.7 Å². The van der Waals surface area contributed by atoms with Crippen LogP contribution >= 0.6 is 22.9 Å². The number of aromatic nitrogens is 1. The molecule has 0 spiro atoms. The lowest BCUT2D eigenvalue weighted by molar-refractivity contribution is -0.121. The number of thiazole rings is 1. The molecule has 116 valence electrons. The molecule has 0 fully saturated rings. The van der Waals surface area contributed by atoms with Crippen LogP contribution in [0.1, 0.15) is 15.2 Å². The van der Waals surface area contributed by atoms with Crippen molar-refractivity contribution in [2.45, 2.75) is 6.42 Å². The van der Waals surface area contributed by atoms with Crippen molar-refractivity contribution in [2.75, 3.05) is 6.54 Å². The summed E-state index contributed by atoms with van der Waals surface area (Å²) in [6, 6.07) is 5.77. The van der Waals surface area contributed by atoms with E-state index in [1.54, 1.807) is 12.1 Å². The van der Waals surface area contributed by atoms with Gasteiger partial charge in [-0.1, -0.05) is 23.7 Å². The molecule has 5 nitrogen and oxygen atoms in total. The fourth-order valence-corrected chi connectivity index (χ4v) is 2.77. The molecule has 0 unspecified atom stereocenters. The molecule has 22 heavy (non-hydrogen) atoms. The summed E-state index contributed by atoms with van der Waals surface area (Å²) < 4.78 is 12.9. The number of nitrogens with one attached hydrogen (secondary N) is 1. The zero-order valence-electron chi connectivity index (χ0n) is 11.4. The Labute approximate surface area is 135 Å². The summed E-state index contributed by atoms with van der Waals surface area (Å²) in [5, 5.41) is 2.73. The van der Waals surface area contributed by atoms with Gasteiger partial charge < -0.3 is 11.1 Å². The number of nitrogens with zero attached hydrogens (tertiary/aromatic N) is 1. The second-order valence-electron chi connectivity index (χ2n) is 4.61. The molecule has 2 amide bonds. The molecule has 3 N–H and O–H groups in total. The lowest BCUT2D eigenvalue weighted by Crippen LogP contribution is -2.37. The van der Waals surface area contributed by atoms with Crippen molar-refractivity contribution in [1.82, 2.24) is 10.3 Å². The van der Waals surface area contributed by atoms with E-state index in [9.17, 15) is 14.0 Å². The predicted molar refractivity (Wildman–Crippen MR) is 82.2 cm³/mol. The van der Waals surface area contributed by atoms with Crippen LogP contribution in [-0.4, -0.2) is 23.3 Å². The van der Waals surface area contributed by atoms with Crippen molar-refractivity contribution >= 4 is 34.8 Å². The van der Waals surface area contributed by atoms with E-state index < -0.39 is 17.7 Å². The Kier molecular flexibility index (Phi) is 5.46. The molecule has 1 atom stereocenters. The number of amides is 2. The van der Waals surface area contributed by atoms with E-state index in [4.69, 9.17) is 17.3 Å². The minimum Gasteiger partial charge on any atom is -0.369 e. The van der Waals surface area contributed by atoms with E-state index in [0.29, 0.717) is 6.42 Å². The highest BCUT2D eigenvalue weighted by atomic mass is 35.5. The van der Waals surface area contributed by atoms with Crippen LogP contribution in [0.5, 0.6) is 0 Å². The normalized spacial score (nSPS) is 11.9. The molecule has 2 rings (SSSR count). The summed E-state index contributed by atoms with van der Waals surface area (Å²) in [7, 11) is 0. The average Bonchev–Trinajstić information content (AvgIpc) is 2.91. The molecule has 1 aromatic heterocycles. The first-order valence-corrected chi connectivity index (χ1v) is 7.64. The summed E-state index contributed by atoms with van der Waals surface area (Å²) in [5.41, 5.74) is 7.57. The maximum absolute atomic E-state index is 12.9. The number of carbonyl (C=O) groups is 2. The Morgan fingerprint density at radius 1 is 1.36 bits per heavy atom. The molecule has 0 aliphatic carbocycles. The second-order valence-corrected chi connectivity index (χ2v) is 5.82. The highest BCUT2D eigenvalue weighted by molar-refractivity contribution is 7.12. The fourth-order valence-electron chi connectivity index (χ4n) is 1.85. The van der Waals surface area contributed by atoms with E-state index in [2.05, 4.69) is 10.3 Å². The van der Waals surface area contributed by atoms with Gasteiger partial charge >= 0.3 is 0 Å². The van der Waals surface area contributed by atoms with Gasteiger partial charge in [0, 0.05) is 6.54 Å². The predicted octanol–water partition coefficient (Wildman–Crippen LogP) is 2.01. The van der Waals surface area contributed by atoms with Crippen LogP contribution in [0.25, 0.3) is 0 Å². The summed E-state index contributed by atoms with van der Waals surface area (Å²) >= 11 is 6.88. The van der Waals surface area contributed by atoms with Crippen LogP contribution in [0.4, 0.5) is 4.39 Å². The summed E-state index contributed by atoms with van der Waals surface area (Å²) in [5.74, 6) is -1.90. The van der Waals surface area contributed by atoms with Crippen LogP contribution in [0, 0.1) is 11.7 Å². The van der Waals surface area contributed by atoms with Crippen LogP contribution in [0.2, 0.25) is 5.15 Å². The van der Waals surface area contributed by atoms with Gasteiger partial charge in [-0.25, -0.2) is 9.37 Å². The number of nitrogens with two attached hydrogens (primary N) is 1. The molecular formula is C14H13ClFN3O2S. The maximum Gasteiger partial charge on any atom is 0.264 e. The lowest BCUT2D eigenvalue weighted by atomic mass is 9.98. The molecule has 2 aromatic rings. The highest BCUT2D eigenvalue weighted by Gasteiger charge is 2.19. The van der Waals surface area contributed by atoms with Gasteiger partial charge in [-0.3, -0.25) is 9.59 Å². The largest absolute Gasteiger partial charge is 0.369 e. The third kappa shape index (κ3) is 4.25. The van der Waals surface area contributed by atoms with Crippen LogP contribution in [-0.2, 0) is 11.2 Å². The third-order valence-electron chi connectivity index (χ3n) is 3.04. The van der Waals surface area contributed by atoms with Gasteiger partial charge in [0.15, 0.2) is 5.15 Å². The van der Waals surface area contributed by atoms with Gasteiger partial charge in [-0.15, -0.1) is 11.3 Å². The Hall–Kier alpha value is -1.99. The number of benzene rings is 1. The number of carbonyl (C=O) groups excluding carboxylic acids is 2. The van der Waals surface area contributed by atoms with E-state index in [1.807, 2.05) is 0 Å². The molecule has 8 heteroatoms. The monoisotopic (exact) mass is 341 g/mol. The van der Waals surface area contributed by atoms with Crippen molar-refractivity contribution in [3.05, 3.63) is 51.2 Å². The Balaban J connectivity index is 1.97. The van der Waals surface area contributed by atoms with Crippen LogP contribution in [0.15, 0.2) is 29.8 Å². The van der Waals surface area contributed by atoms with Gasteiger partial charge in [0.2, 0.25) is 5.91 Å². The molecule has 0 bridgehead atoms. The lowest BCUT2D eigenvalue weighted by Gasteiger charge is -2.14. The van der Waals surface area contributed by atoms with Gasteiger partial charge in [0.25, 0.3) is 5.91 Å². The van der Waals surface area contributed by atoms with Crippen molar-refractivity contribution in [3.63, 3.8) is 0 Å².